The van der Waals surface area contributed by atoms with Gasteiger partial charge in [0, 0.05) is 43.3 Å². The van der Waals surface area contributed by atoms with E-state index >= 15 is 0 Å². The molecule has 0 N–H and O–H groups in total. The minimum atomic E-state index is -3.70. The average Bonchev–Trinajstić information content (AvgIpc) is 3.44. The molecule has 8 heteroatoms. The van der Waals surface area contributed by atoms with Crippen molar-refractivity contribution in [1.29, 1.82) is 0 Å². The van der Waals surface area contributed by atoms with Crippen LogP contribution < -0.4 is 9.47 Å². The van der Waals surface area contributed by atoms with E-state index in [9.17, 15) is 8.42 Å². The van der Waals surface area contributed by atoms with Crippen molar-refractivity contribution in [1.82, 2.24) is 4.31 Å². The smallest absolute Gasteiger partial charge is 0.244 e. The van der Waals surface area contributed by atoms with Gasteiger partial charge in [0.25, 0.3) is 0 Å². The maximum Gasteiger partial charge on any atom is 0.244 e. The van der Waals surface area contributed by atoms with Crippen molar-refractivity contribution in [3.63, 3.8) is 0 Å². The van der Waals surface area contributed by atoms with Gasteiger partial charge in [-0.05, 0) is 31.6 Å². The van der Waals surface area contributed by atoms with E-state index in [2.05, 4.69) is 0 Å². The van der Waals surface area contributed by atoms with Crippen LogP contribution in [0.2, 0.25) is 5.02 Å². The minimum Gasteiger partial charge on any atom is -0.493 e. The maximum atomic E-state index is 13.4. The fourth-order valence-electron chi connectivity index (χ4n) is 4.47. The van der Waals surface area contributed by atoms with Gasteiger partial charge in [0.05, 0.1) is 19.2 Å². The van der Waals surface area contributed by atoms with Crippen molar-refractivity contribution in [2.45, 2.75) is 36.6 Å². The zero-order valence-corrected chi connectivity index (χ0v) is 16.6. The summed E-state index contributed by atoms with van der Waals surface area (Å²) in [5.41, 5.74) is 0.0650. The molecule has 1 saturated carbocycles. The number of methoxy groups -OCH3 is 2. The number of benzene rings is 1. The van der Waals surface area contributed by atoms with E-state index in [1.54, 1.807) is 4.31 Å². The van der Waals surface area contributed by atoms with Crippen molar-refractivity contribution in [3.05, 3.63) is 17.2 Å². The summed E-state index contributed by atoms with van der Waals surface area (Å²) >= 11 is 6.31. The molecule has 0 amide bonds. The standard InChI is InChI=1S/C18H24ClNO5S/c1-23-14-9-13(19)16(10-15(14)24-2)26(21,22)20-11-18(5-7-25-8-6-18)17(20)12-3-4-12/h9-10,12,17H,3-8,11H2,1-2H3. The molecule has 6 nitrogen and oxygen atoms in total. The summed E-state index contributed by atoms with van der Waals surface area (Å²) in [7, 11) is -0.717. The van der Waals surface area contributed by atoms with Crippen molar-refractivity contribution < 1.29 is 22.6 Å². The Morgan fingerprint density at radius 3 is 2.35 bits per heavy atom. The Morgan fingerprint density at radius 1 is 1.15 bits per heavy atom. The van der Waals surface area contributed by atoms with Gasteiger partial charge in [-0.3, -0.25) is 0 Å². The Bertz CT molecular complexity index is 802. The molecule has 4 rings (SSSR count). The molecule has 1 aromatic carbocycles. The lowest BCUT2D eigenvalue weighted by molar-refractivity contribution is -0.101. The molecule has 1 aromatic rings. The zero-order valence-electron chi connectivity index (χ0n) is 15.0. The molecule has 2 saturated heterocycles. The van der Waals surface area contributed by atoms with Gasteiger partial charge >= 0.3 is 0 Å². The first-order valence-electron chi connectivity index (χ1n) is 8.94. The van der Waals surface area contributed by atoms with Crippen LogP contribution in [0.1, 0.15) is 25.7 Å². The Kier molecular flexibility index (Phi) is 4.62. The number of sulfonamides is 1. The Hall–Kier alpha value is -1.02. The van der Waals surface area contributed by atoms with Crippen LogP contribution in [-0.4, -0.2) is 52.7 Å². The van der Waals surface area contributed by atoms with Crippen LogP contribution >= 0.6 is 11.6 Å². The third kappa shape index (κ3) is 2.80. The van der Waals surface area contributed by atoms with Crippen molar-refractivity contribution >= 4 is 21.6 Å². The summed E-state index contributed by atoms with van der Waals surface area (Å²) in [6.07, 6.45) is 4.05. The number of hydrogen-bond donors (Lipinski definition) is 0. The lowest BCUT2D eigenvalue weighted by Crippen LogP contribution is -2.68. The second kappa shape index (κ2) is 6.55. The summed E-state index contributed by atoms with van der Waals surface area (Å²) in [6.45, 7) is 1.98. The van der Waals surface area contributed by atoms with Crippen LogP contribution in [0.15, 0.2) is 17.0 Å². The molecule has 2 aliphatic heterocycles. The molecule has 1 aliphatic carbocycles. The third-order valence-electron chi connectivity index (χ3n) is 5.99. The lowest BCUT2D eigenvalue weighted by atomic mass is 9.66. The van der Waals surface area contributed by atoms with Gasteiger partial charge in [-0.25, -0.2) is 8.42 Å². The van der Waals surface area contributed by atoms with Crippen LogP contribution in [0.25, 0.3) is 0 Å². The first-order valence-corrected chi connectivity index (χ1v) is 10.8. The molecule has 0 bridgehead atoms. The van der Waals surface area contributed by atoms with E-state index < -0.39 is 10.0 Å². The highest BCUT2D eigenvalue weighted by atomic mass is 35.5. The summed E-state index contributed by atoms with van der Waals surface area (Å²) in [5, 5.41) is 0.158. The molecular formula is C18H24ClNO5S. The number of nitrogens with zero attached hydrogens (tertiary/aromatic N) is 1. The maximum absolute atomic E-state index is 13.4. The third-order valence-corrected chi connectivity index (χ3v) is 8.28. The normalized spacial score (nSPS) is 25.7. The largest absolute Gasteiger partial charge is 0.493 e. The molecule has 26 heavy (non-hydrogen) atoms. The highest BCUT2D eigenvalue weighted by molar-refractivity contribution is 7.89. The van der Waals surface area contributed by atoms with Crippen LogP contribution in [-0.2, 0) is 14.8 Å². The van der Waals surface area contributed by atoms with E-state index in [0.717, 1.165) is 25.7 Å². The minimum absolute atomic E-state index is 0.0561. The van der Waals surface area contributed by atoms with Gasteiger partial charge in [0.15, 0.2) is 11.5 Å². The fraction of sp³-hybridized carbons (Fsp3) is 0.667. The Balaban J connectivity index is 1.69. The number of ether oxygens (including phenoxy) is 3. The van der Waals surface area contributed by atoms with Crippen molar-refractivity contribution in [2.75, 3.05) is 34.0 Å². The van der Waals surface area contributed by atoms with Crippen LogP contribution in [0, 0.1) is 11.3 Å². The fourth-order valence-corrected chi connectivity index (χ4v) is 6.85. The van der Waals surface area contributed by atoms with E-state index in [0.29, 0.717) is 37.2 Å². The van der Waals surface area contributed by atoms with E-state index in [1.165, 1.54) is 26.4 Å². The molecule has 3 fully saturated rings. The van der Waals surface area contributed by atoms with Gasteiger partial charge in [-0.1, -0.05) is 11.6 Å². The average molecular weight is 402 g/mol. The Labute approximate surface area is 159 Å². The molecule has 1 spiro atoms. The van der Waals surface area contributed by atoms with E-state index in [1.807, 2.05) is 0 Å². The Morgan fingerprint density at radius 2 is 1.77 bits per heavy atom. The molecular weight excluding hydrogens is 378 g/mol. The van der Waals surface area contributed by atoms with Crippen LogP contribution in [0.4, 0.5) is 0 Å². The number of halogens is 1. The highest BCUT2D eigenvalue weighted by Crippen LogP contribution is 2.57. The highest BCUT2D eigenvalue weighted by Gasteiger charge is 2.61. The second-order valence-electron chi connectivity index (χ2n) is 7.44. The van der Waals surface area contributed by atoms with E-state index in [-0.39, 0.29) is 21.4 Å². The topological polar surface area (TPSA) is 65.1 Å². The summed E-state index contributed by atoms with van der Waals surface area (Å²) in [4.78, 5) is 0.0874. The van der Waals surface area contributed by atoms with Crippen molar-refractivity contribution in [3.8, 4) is 11.5 Å². The van der Waals surface area contributed by atoms with Crippen LogP contribution in [0.3, 0.4) is 0 Å². The van der Waals surface area contributed by atoms with Gasteiger partial charge in [-0.15, -0.1) is 0 Å². The molecule has 0 aromatic heterocycles. The van der Waals surface area contributed by atoms with Crippen molar-refractivity contribution in [2.24, 2.45) is 11.3 Å². The summed E-state index contributed by atoms with van der Waals surface area (Å²) in [5.74, 6) is 1.23. The SMILES string of the molecule is COc1cc(Cl)c(S(=O)(=O)N2CC3(CCOCC3)C2C2CC2)cc1OC. The van der Waals surface area contributed by atoms with Gasteiger partial charge in [0.1, 0.15) is 4.90 Å². The molecule has 3 aliphatic rings. The van der Waals surface area contributed by atoms with Gasteiger partial charge < -0.3 is 14.2 Å². The lowest BCUT2D eigenvalue weighted by Gasteiger charge is -2.58. The zero-order chi connectivity index (χ0) is 18.5. The van der Waals surface area contributed by atoms with Gasteiger partial charge in [0.2, 0.25) is 10.0 Å². The molecule has 144 valence electrons. The van der Waals surface area contributed by atoms with Gasteiger partial charge in [-0.2, -0.15) is 4.31 Å². The quantitative estimate of drug-likeness (QED) is 0.759. The summed E-state index contributed by atoms with van der Waals surface area (Å²) < 4.78 is 44.4. The molecule has 1 atom stereocenters. The number of hydrogen-bond acceptors (Lipinski definition) is 5. The number of rotatable bonds is 5. The molecule has 0 radical (unpaired) electrons. The van der Waals surface area contributed by atoms with Crippen LogP contribution in [0.5, 0.6) is 11.5 Å². The monoisotopic (exact) mass is 401 g/mol. The predicted molar refractivity (Wildman–Crippen MR) is 97.4 cm³/mol. The predicted octanol–water partition coefficient (Wildman–Crippen LogP) is 2.94. The molecule has 2 heterocycles. The summed E-state index contributed by atoms with van der Waals surface area (Å²) in [6, 6.07) is 3.03. The first kappa shape index (κ1) is 18.3. The second-order valence-corrected chi connectivity index (χ2v) is 9.71. The molecule has 1 unspecified atom stereocenters. The van der Waals surface area contributed by atoms with E-state index in [4.69, 9.17) is 25.8 Å². The first-order chi connectivity index (χ1) is 12.4.